The Kier molecular flexibility index (Phi) is 4.71. The molecule has 0 radical (unpaired) electrons. The fourth-order valence-corrected chi connectivity index (χ4v) is 2.84. The summed E-state index contributed by atoms with van der Waals surface area (Å²) in [5.41, 5.74) is 1.10. The molecule has 0 aliphatic carbocycles. The zero-order valence-corrected chi connectivity index (χ0v) is 11.9. The predicted molar refractivity (Wildman–Crippen MR) is 85.7 cm³/mol. The lowest BCUT2D eigenvalue weighted by molar-refractivity contribution is -0.121. The van der Waals surface area contributed by atoms with Crippen LogP contribution in [0.4, 0.5) is 0 Å². The van der Waals surface area contributed by atoms with Crippen LogP contribution in [0.3, 0.4) is 0 Å². The van der Waals surface area contributed by atoms with Crippen LogP contribution in [-0.4, -0.2) is 21.7 Å². The van der Waals surface area contributed by atoms with Crippen molar-refractivity contribution in [2.75, 3.05) is 6.54 Å². The number of hydrogen-bond acceptors (Lipinski definition) is 3. The average Bonchev–Trinajstić information content (AvgIpc) is 2.68. The van der Waals surface area contributed by atoms with Crippen LogP contribution in [0.2, 0.25) is 0 Å². The van der Waals surface area contributed by atoms with E-state index in [0.29, 0.717) is 15.8 Å². The second-order valence-electron chi connectivity index (χ2n) is 3.87. The number of nitrogens with zero attached hydrogens (tertiary/aromatic N) is 1. The zero-order chi connectivity index (χ0) is 13.7. The first kappa shape index (κ1) is 13.8. The number of benzene rings is 1. The SMILES string of the molecule is C=CCN1C(=O)/C(=C/C=C\c2ccccc2)SC1=S. The Bertz CT molecular complexity index is 561. The van der Waals surface area contributed by atoms with E-state index >= 15 is 0 Å². The molecule has 1 aliphatic rings. The van der Waals surface area contributed by atoms with Crippen molar-refractivity contribution in [1.29, 1.82) is 0 Å². The molecule has 0 atom stereocenters. The third kappa shape index (κ3) is 3.43. The lowest BCUT2D eigenvalue weighted by Gasteiger charge is -2.10. The molecule has 19 heavy (non-hydrogen) atoms. The highest BCUT2D eigenvalue weighted by Crippen LogP contribution is 2.30. The summed E-state index contributed by atoms with van der Waals surface area (Å²) in [5.74, 6) is -0.0485. The Hall–Kier alpha value is -1.65. The fraction of sp³-hybridized carbons (Fsp3) is 0.0667. The van der Waals surface area contributed by atoms with Gasteiger partial charge in [-0.05, 0) is 11.6 Å². The van der Waals surface area contributed by atoms with Gasteiger partial charge in [0.15, 0.2) is 0 Å². The van der Waals surface area contributed by atoms with Gasteiger partial charge in [0.2, 0.25) is 0 Å². The average molecular weight is 287 g/mol. The largest absolute Gasteiger partial charge is 0.289 e. The summed E-state index contributed by atoms with van der Waals surface area (Å²) in [6, 6.07) is 9.94. The maximum absolute atomic E-state index is 12.0. The summed E-state index contributed by atoms with van der Waals surface area (Å²) in [7, 11) is 0. The quantitative estimate of drug-likeness (QED) is 0.479. The third-order valence-electron chi connectivity index (χ3n) is 2.52. The highest BCUT2D eigenvalue weighted by molar-refractivity contribution is 8.26. The molecule has 0 saturated carbocycles. The van der Waals surface area contributed by atoms with Crippen molar-refractivity contribution in [2.45, 2.75) is 0 Å². The normalized spacial score (nSPS) is 17.7. The van der Waals surface area contributed by atoms with Gasteiger partial charge >= 0.3 is 0 Å². The predicted octanol–water partition coefficient (Wildman–Crippen LogP) is 3.63. The number of carbonyl (C=O) groups is 1. The van der Waals surface area contributed by atoms with Gasteiger partial charge in [-0.2, -0.15) is 0 Å². The molecule has 1 amide bonds. The molecule has 0 aromatic heterocycles. The van der Waals surface area contributed by atoms with Crippen molar-refractivity contribution in [3.8, 4) is 0 Å². The summed E-state index contributed by atoms with van der Waals surface area (Å²) >= 11 is 6.49. The molecule has 1 heterocycles. The molecule has 2 rings (SSSR count). The molecule has 1 aromatic rings. The van der Waals surface area contributed by atoms with E-state index in [1.165, 1.54) is 11.8 Å². The highest BCUT2D eigenvalue weighted by atomic mass is 32.2. The first-order chi connectivity index (χ1) is 9.22. The summed E-state index contributed by atoms with van der Waals surface area (Å²) in [6.45, 7) is 4.09. The maximum atomic E-state index is 12.0. The Balaban J connectivity index is 2.09. The molecule has 1 aliphatic heterocycles. The van der Waals surface area contributed by atoms with E-state index in [1.807, 2.05) is 42.5 Å². The molecule has 0 spiro atoms. The number of carbonyl (C=O) groups excluding carboxylic acids is 1. The van der Waals surface area contributed by atoms with Gasteiger partial charge in [-0.3, -0.25) is 9.69 Å². The maximum Gasteiger partial charge on any atom is 0.266 e. The standard InChI is InChI=1S/C15H13NOS2/c1-2-11-16-14(17)13(19-15(16)18)10-6-9-12-7-4-3-5-8-12/h2-10H,1,11H2/b9-6-,13-10-. The van der Waals surface area contributed by atoms with Gasteiger partial charge in [-0.25, -0.2) is 0 Å². The van der Waals surface area contributed by atoms with Gasteiger partial charge in [0, 0.05) is 6.54 Å². The first-order valence-electron chi connectivity index (χ1n) is 5.80. The van der Waals surface area contributed by atoms with Crippen molar-refractivity contribution in [3.05, 3.63) is 65.6 Å². The number of thioether (sulfide) groups is 1. The smallest absolute Gasteiger partial charge is 0.266 e. The minimum absolute atomic E-state index is 0.0485. The summed E-state index contributed by atoms with van der Waals surface area (Å²) < 4.78 is 0.587. The molecule has 96 valence electrons. The van der Waals surface area contributed by atoms with Crippen molar-refractivity contribution >= 4 is 40.3 Å². The molecule has 1 fully saturated rings. The van der Waals surface area contributed by atoms with E-state index in [-0.39, 0.29) is 5.91 Å². The van der Waals surface area contributed by atoms with Gasteiger partial charge in [0.05, 0.1) is 4.91 Å². The molecular weight excluding hydrogens is 274 g/mol. The number of amides is 1. The molecule has 0 unspecified atom stereocenters. The number of thiocarbonyl (C=S) groups is 1. The second-order valence-corrected chi connectivity index (χ2v) is 5.55. The van der Waals surface area contributed by atoms with Crippen LogP contribution in [0, 0.1) is 0 Å². The van der Waals surface area contributed by atoms with Gasteiger partial charge in [-0.15, -0.1) is 6.58 Å². The van der Waals surface area contributed by atoms with Crippen LogP contribution < -0.4 is 0 Å². The fourth-order valence-electron chi connectivity index (χ4n) is 1.61. The topological polar surface area (TPSA) is 20.3 Å². The molecule has 1 aromatic carbocycles. The Morgan fingerprint density at radius 3 is 2.74 bits per heavy atom. The van der Waals surface area contributed by atoms with Crippen LogP contribution in [0.1, 0.15) is 5.56 Å². The first-order valence-corrected chi connectivity index (χ1v) is 7.03. The van der Waals surface area contributed by atoms with E-state index in [1.54, 1.807) is 17.1 Å². The summed E-state index contributed by atoms with van der Waals surface area (Å²) in [5, 5.41) is 0. The molecular formula is C15H13NOS2. The lowest BCUT2D eigenvalue weighted by Crippen LogP contribution is -2.27. The van der Waals surface area contributed by atoms with Gasteiger partial charge in [0.1, 0.15) is 4.32 Å². The van der Waals surface area contributed by atoms with Crippen LogP contribution in [0.25, 0.3) is 6.08 Å². The van der Waals surface area contributed by atoms with Crippen LogP contribution in [0.15, 0.2) is 60.0 Å². The molecule has 4 heteroatoms. The van der Waals surface area contributed by atoms with Gasteiger partial charge in [-0.1, -0.05) is 72.5 Å². The van der Waals surface area contributed by atoms with E-state index in [9.17, 15) is 4.79 Å². The number of rotatable bonds is 4. The second kappa shape index (κ2) is 6.50. The minimum atomic E-state index is -0.0485. The van der Waals surface area contributed by atoms with E-state index in [2.05, 4.69) is 6.58 Å². The van der Waals surface area contributed by atoms with Crippen LogP contribution in [-0.2, 0) is 4.79 Å². The molecule has 0 bridgehead atoms. The molecule has 2 nitrogen and oxygen atoms in total. The summed E-state index contributed by atoms with van der Waals surface area (Å²) in [4.78, 5) is 14.2. The number of hydrogen-bond donors (Lipinski definition) is 0. The lowest BCUT2D eigenvalue weighted by atomic mass is 10.2. The van der Waals surface area contributed by atoms with E-state index < -0.39 is 0 Å². The molecule has 1 saturated heterocycles. The van der Waals surface area contributed by atoms with Crippen LogP contribution in [0.5, 0.6) is 0 Å². The highest BCUT2D eigenvalue weighted by Gasteiger charge is 2.30. The number of allylic oxidation sites excluding steroid dienone is 2. The van der Waals surface area contributed by atoms with E-state index in [4.69, 9.17) is 12.2 Å². The molecule has 0 N–H and O–H groups in total. The Morgan fingerprint density at radius 1 is 1.32 bits per heavy atom. The van der Waals surface area contributed by atoms with Crippen molar-refractivity contribution in [1.82, 2.24) is 4.90 Å². The Morgan fingerprint density at radius 2 is 2.05 bits per heavy atom. The van der Waals surface area contributed by atoms with E-state index in [0.717, 1.165) is 5.56 Å². The van der Waals surface area contributed by atoms with Gasteiger partial charge < -0.3 is 0 Å². The monoisotopic (exact) mass is 287 g/mol. The zero-order valence-electron chi connectivity index (χ0n) is 10.3. The van der Waals surface area contributed by atoms with Crippen molar-refractivity contribution in [3.63, 3.8) is 0 Å². The third-order valence-corrected chi connectivity index (χ3v) is 3.92. The van der Waals surface area contributed by atoms with Crippen molar-refractivity contribution < 1.29 is 4.79 Å². The van der Waals surface area contributed by atoms with Crippen molar-refractivity contribution in [2.24, 2.45) is 0 Å². The van der Waals surface area contributed by atoms with Gasteiger partial charge in [0.25, 0.3) is 5.91 Å². The Labute approximate surface area is 122 Å². The van der Waals surface area contributed by atoms with Crippen LogP contribution >= 0.6 is 24.0 Å². The summed E-state index contributed by atoms with van der Waals surface area (Å²) in [6.07, 6.45) is 7.30. The minimum Gasteiger partial charge on any atom is -0.289 e.